The fourth-order valence-electron chi connectivity index (χ4n) is 0.767. The van der Waals surface area contributed by atoms with Gasteiger partial charge in [-0.05, 0) is 13.3 Å². The van der Waals surface area contributed by atoms with Gasteiger partial charge in [0.2, 0.25) is 0 Å². The first-order chi connectivity index (χ1) is 5.26. The molecule has 0 unspecified atom stereocenters. The topological polar surface area (TPSA) is 50.1 Å². The SMILES string of the molecule is CCC[C@H](C#N)C(=O)OCC. The summed E-state index contributed by atoms with van der Waals surface area (Å²) in [4.78, 5) is 10.9. The maximum absolute atomic E-state index is 10.9. The Hall–Kier alpha value is -1.04. The van der Waals surface area contributed by atoms with Crippen molar-refractivity contribution < 1.29 is 9.53 Å². The molecule has 0 aliphatic rings. The Kier molecular flexibility index (Phi) is 5.18. The molecule has 0 aliphatic heterocycles. The maximum atomic E-state index is 10.9. The molecule has 3 heteroatoms. The average Bonchev–Trinajstić information content (AvgIpc) is 2.00. The summed E-state index contributed by atoms with van der Waals surface area (Å²) in [6, 6.07) is 1.91. The smallest absolute Gasteiger partial charge is 0.323 e. The summed E-state index contributed by atoms with van der Waals surface area (Å²) in [5.74, 6) is -0.961. The number of carbonyl (C=O) groups is 1. The molecule has 0 heterocycles. The van der Waals surface area contributed by atoms with Gasteiger partial charge in [0.25, 0.3) is 0 Å². The van der Waals surface area contributed by atoms with Crippen LogP contribution in [0.25, 0.3) is 0 Å². The maximum Gasteiger partial charge on any atom is 0.323 e. The van der Waals surface area contributed by atoms with Crippen LogP contribution < -0.4 is 0 Å². The third-order valence-electron chi connectivity index (χ3n) is 1.30. The fourth-order valence-corrected chi connectivity index (χ4v) is 0.767. The Balaban J connectivity index is 3.84. The molecular weight excluding hydrogens is 142 g/mol. The summed E-state index contributed by atoms with van der Waals surface area (Å²) in [6.07, 6.45) is 1.42. The zero-order valence-electron chi connectivity index (χ0n) is 6.96. The van der Waals surface area contributed by atoms with Gasteiger partial charge in [-0.1, -0.05) is 13.3 Å². The Morgan fingerprint density at radius 3 is 2.64 bits per heavy atom. The molecule has 0 fully saturated rings. The molecule has 0 bridgehead atoms. The van der Waals surface area contributed by atoms with Crippen LogP contribution in [0, 0.1) is 17.2 Å². The van der Waals surface area contributed by atoms with Gasteiger partial charge in [0.1, 0.15) is 5.92 Å². The number of ether oxygens (including phenoxy) is 1. The van der Waals surface area contributed by atoms with Gasteiger partial charge in [-0.2, -0.15) is 5.26 Å². The van der Waals surface area contributed by atoms with Gasteiger partial charge in [0.15, 0.2) is 0 Å². The first-order valence-corrected chi connectivity index (χ1v) is 3.82. The van der Waals surface area contributed by atoms with Crippen molar-refractivity contribution in [3.8, 4) is 6.07 Å². The van der Waals surface area contributed by atoms with Gasteiger partial charge < -0.3 is 4.74 Å². The minimum Gasteiger partial charge on any atom is -0.465 e. The molecule has 1 atom stereocenters. The molecule has 0 aromatic heterocycles. The summed E-state index contributed by atoms with van der Waals surface area (Å²) in [5, 5.41) is 8.50. The van der Waals surface area contributed by atoms with Gasteiger partial charge in [0, 0.05) is 0 Å². The van der Waals surface area contributed by atoms with Crippen LogP contribution in [-0.4, -0.2) is 12.6 Å². The van der Waals surface area contributed by atoms with Crippen molar-refractivity contribution in [2.24, 2.45) is 5.92 Å². The second kappa shape index (κ2) is 5.72. The van der Waals surface area contributed by atoms with E-state index in [-0.39, 0.29) is 0 Å². The van der Waals surface area contributed by atoms with Crippen molar-refractivity contribution in [3.63, 3.8) is 0 Å². The first kappa shape index (κ1) is 9.96. The van der Waals surface area contributed by atoms with E-state index in [1.807, 2.05) is 13.0 Å². The lowest BCUT2D eigenvalue weighted by Crippen LogP contribution is -2.15. The molecule has 0 saturated heterocycles. The average molecular weight is 155 g/mol. The van der Waals surface area contributed by atoms with Gasteiger partial charge in [-0.25, -0.2) is 0 Å². The van der Waals surface area contributed by atoms with E-state index in [0.29, 0.717) is 13.0 Å². The molecule has 0 saturated carbocycles. The fraction of sp³-hybridized carbons (Fsp3) is 0.750. The van der Waals surface area contributed by atoms with Gasteiger partial charge in [-0.3, -0.25) is 4.79 Å². The van der Waals surface area contributed by atoms with E-state index >= 15 is 0 Å². The van der Waals surface area contributed by atoms with E-state index in [2.05, 4.69) is 4.74 Å². The molecular formula is C8H13NO2. The van der Waals surface area contributed by atoms with Crippen molar-refractivity contribution in [1.29, 1.82) is 5.26 Å². The minimum absolute atomic E-state index is 0.348. The third-order valence-corrected chi connectivity index (χ3v) is 1.30. The molecule has 3 nitrogen and oxygen atoms in total. The molecule has 0 amide bonds. The highest BCUT2D eigenvalue weighted by molar-refractivity contribution is 5.75. The second-order valence-corrected chi connectivity index (χ2v) is 2.22. The molecule has 0 aromatic carbocycles. The van der Waals surface area contributed by atoms with E-state index in [1.54, 1.807) is 6.92 Å². The predicted octanol–water partition coefficient (Wildman–Crippen LogP) is 1.49. The number of carbonyl (C=O) groups excluding carboxylic acids is 1. The molecule has 0 N–H and O–H groups in total. The Labute approximate surface area is 67.0 Å². The highest BCUT2D eigenvalue weighted by Crippen LogP contribution is 2.06. The lowest BCUT2D eigenvalue weighted by atomic mass is 10.1. The molecule has 11 heavy (non-hydrogen) atoms. The van der Waals surface area contributed by atoms with Crippen molar-refractivity contribution >= 4 is 5.97 Å². The van der Waals surface area contributed by atoms with Crippen LogP contribution in [0.2, 0.25) is 0 Å². The number of nitrogens with zero attached hydrogens (tertiary/aromatic N) is 1. The first-order valence-electron chi connectivity index (χ1n) is 3.82. The number of rotatable bonds is 4. The van der Waals surface area contributed by atoms with Gasteiger partial charge in [0.05, 0.1) is 12.7 Å². The number of nitriles is 1. The van der Waals surface area contributed by atoms with E-state index in [0.717, 1.165) is 6.42 Å². The largest absolute Gasteiger partial charge is 0.465 e. The zero-order chi connectivity index (χ0) is 8.69. The lowest BCUT2D eigenvalue weighted by molar-refractivity contribution is -0.146. The Morgan fingerprint density at radius 1 is 1.64 bits per heavy atom. The van der Waals surface area contributed by atoms with Crippen LogP contribution in [0.4, 0.5) is 0 Å². The van der Waals surface area contributed by atoms with Crippen molar-refractivity contribution in [2.75, 3.05) is 6.61 Å². The van der Waals surface area contributed by atoms with E-state index in [1.165, 1.54) is 0 Å². The quantitative estimate of drug-likeness (QED) is 0.578. The highest BCUT2D eigenvalue weighted by atomic mass is 16.5. The Bertz CT molecular complexity index is 160. The van der Waals surface area contributed by atoms with Crippen LogP contribution in [0.15, 0.2) is 0 Å². The molecule has 62 valence electrons. The number of hydrogen-bond acceptors (Lipinski definition) is 3. The van der Waals surface area contributed by atoms with Crippen LogP contribution in [-0.2, 0) is 9.53 Å². The highest BCUT2D eigenvalue weighted by Gasteiger charge is 2.16. The summed E-state index contributed by atoms with van der Waals surface area (Å²) in [5.41, 5.74) is 0. The summed E-state index contributed by atoms with van der Waals surface area (Å²) < 4.78 is 4.69. The van der Waals surface area contributed by atoms with Crippen molar-refractivity contribution in [1.82, 2.24) is 0 Å². The van der Waals surface area contributed by atoms with Crippen molar-refractivity contribution in [2.45, 2.75) is 26.7 Å². The molecule has 0 radical (unpaired) electrons. The third kappa shape index (κ3) is 3.61. The van der Waals surface area contributed by atoms with E-state index in [9.17, 15) is 4.79 Å². The van der Waals surface area contributed by atoms with Crippen LogP contribution in [0.3, 0.4) is 0 Å². The monoisotopic (exact) mass is 155 g/mol. The minimum atomic E-state index is -0.569. The van der Waals surface area contributed by atoms with Crippen LogP contribution >= 0.6 is 0 Å². The zero-order valence-corrected chi connectivity index (χ0v) is 6.96. The van der Waals surface area contributed by atoms with Gasteiger partial charge >= 0.3 is 5.97 Å². The van der Waals surface area contributed by atoms with Crippen LogP contribution in [0.1, 0.15) is 26.7 Å². The standard InChI is InChI=1S/C8H13NO2/c1-3-5-7(6-9)8(10)11-4-2/h7H,3-5H2,1-2H3/t7-/m1/s1. The number of hydrogen-bond donors (Lipinski definition) is 0. The van der Waals surface area contributed by atoms with E-state index < -0.39 is 11.9 Å². The van der Waals surface area contributed by atoms with Gasteiger partial charge in [-0.15, -0.1) is 0 Å². The lowest BCUT2D eigenvalue weighted by Gasteiger charge is -2.05. The molecule has 0 aromatic rings. The number of esters is 1. The Morgan fingerprint density at radius 2 is 2.27 bits per heavy atom. The summed E-state index contributed by atoms with van der Waals surface area (Å²) >= 11 is 0. The summed E-state index contributed by atoms with van der Waals surface area (Å²) in [7, 11) is 0. The van der Waals surface area contributed by atoms with E-state index in [4.69, 9.17) is 5.26 Å². The predicted molar refractivity (Wildman–Crippen MR) is 40.6 cm³/mol. The normalized spacial score (nSPS) is 11.7. The second-order valence-electron chi connectivity index (χ2n) is 2.22. The molecule has 0 aliphatic carbocycles. The van der Waals surface area contributed by atoms with Crippen molar-refractivity contribution in [3.05, 3.63) is 0 Å². The molecule has 0 spiro atoms. The summed E-state index contributed by atoms with van der Waals surface area (Å²) in [6.45, 7) is 4.02. The van der Waals surface area contributed by atoms with Crippen LogP contribution in [0.5, 0.6) is 0 Å². The molecule has 0 rings (SSSR count).